The average molecular weight is 258 g/mol. The van der Waals surface area contributed by atoms with Crippen LogP contribution in [0.4, 0.5) is 0 Å². The van der Waals surface area contributed by atoms with Crippen molar-refractivity contribution in [3.8, 4) is 0 Å². The van der Waals surface area contributed by atoms with Gasteiger partial charge in [-0.1, -0.05) is 26.8 Å². The van der Waals surface area contributed by atoms with Gasteiger partial charge in [0.1, 0.15) is 0 Å². The van der Waals surface area contributed by atoms with Gasteiger partial charge in [-0.15, -0.1) is 6.58 Å². The lowest BCUT2D eigenvalue weighted by atomic mass is 10.1. The molecule has 0 aliphatic heterocycles. The smallest absolute Gasteiger partial charge is 0.192 e. The lowest BCUT2D eigenvalue weighted by Gasteiger charge is -2.39. The lowest BCUT2D eigenvalue weighted by Crippen LogP contribution is -2.44. The fraction of sp³-hybridized carbons (Fsp3) is 0.857. The molecule has 0 spiro atoms. The molecule has 102 valence electrons. The topological polar surface area (TPSA) is 29.5 Å². The van der Waals surface area contributed by atoms with Crippen LogP contribution in [0.2, 0.25) is 18.1 Å². The highest BCUT2D eigenvalue weighted by Crippen LogP contribution is 2.38. The van der Waals surface area contributed by atoms with Crippen molar-refractivity contribution in [2.75, 3.05) is 6.61 Å². The zero-order valence-electron chi connectivity index (χ0n) is 12.3. The van der Waals surface area contributed by atoms with E-state index in [9.17, 15) is 0 Å². The molecule has 0 aliphatic rings. The van der Waals surface area contributed by atoms with Crippen LogP contribution in [0, 0.1) is 0 Å². The second-order valence-corrected chi connectivity index (χ2v) is 11.0. The first-order chi connectivity index (χ1) is 7.74. The highest BCUT2D eigenvalue weighted by atomic mass is 28.4. The van der Waals surface area contributed by atoms with Crippen LogP contribution in [0.1, 0.15) is 46.5 Å². The Hall–Kier alpha value is -0.123. The summed E-state index contributed by atoms with van der Waals surface area (Å²) >= 11 is 0. The van der Waals surface area contributed by atoms with Gasteiger partial charge < -0.3 is 9.53 Å². The molecule has 0 saturated heterocycles. The van der Waals surface area contributed by atoms with Crippen molar-refractivity contribution >= 4 is 8.32 Å². The van der Waals surface area contributed by atoms with Gasteiger partial charge in [0, 0.05) is 12.7 Å². The molecule has 2 nitrogen and oxygen atoms in total. The van der Waals surface area contributed by atoms with E-state index in [1.165, 1.54) is 0 Å². The fourth-order valence-corrected chi connectivity index (χ4v) is 2.91. The Morgan fingerprint density at radius 2 is 1.88 bits per heavy atom. The zero-order valence-corrected chi connectivity index (χ0v) is 13.3. The molecule has 3 heteroatoms. The molecule has 0 unspecified atom stereocenters. The SMILES string of the molecule is C=CCCC[C@@H](CCO)O[Si](C)(C)C(C)(C)C. The highest BCUT2D eigenvalue weighted by Gasteiger charge is 2.38. The number of aliphatic hydroxyl groups is 1. The summed E-state index contributed by atoms with van der Waals surface area (Å²) < 4.78 is 6.33. The van der Waals surface area contributed by atoms with E-state index in [1.54, 1.807) is 0 Å². The quantitative estimate of drug-likeness (QED) is 0.403. The summed E-state index contributed by atoms with van der Waals surface area (Å²) in [5.41, 5.74) is 0. The number of hydrogen-bond acceptors (Lipinski definition) is 2. The number of aliphatic hydroxyl groups excluding tert-OH is 1. The molecule has 17 heavy (non-hydrogen) atoms. The molecular weight excluding hydrogens is 228 g/mol. The molecule has 1 atom stereocenters. The first-order valence-corrected chi connectivity index (χ1v) is 9.55. The van der Waals surface area contributed by atoms with E-state index in [0.29, 0.717) is 0 Å². The molecule has 0 amide bonds. The van der Waals surface area contributed by atoms with Gasteiger partial charge in [0.15, 0.2) is 8.32 Å². The van der Waals surface area contributed by atoms with Crippen molar-refractivity contribution in [2.24, 2.45) is 0 Å². The number of allylic oxidation sites excluding steroid dienone is 1. The minimum Gasteiger partial charge on any atom is -0.414 e. The van der Waals surface area contributed by atoms with Gasteiger partial charge in [-0.3, -0.25) is 0 Å². The second kappa shape index (κ2) is 7.34. The van der Waals surface area contributed by atoms with Crippen molar-refractivity contribution < 1.29 is 9.53 Å². The maximum Gasteiger partial charge on any atom is 0.192 e. The summed E-state index contributed by atoms with van der Waals surface area (Å²) in [6.45, 7) is 15.2. The number of hydrogen-bond donors (Lipinski definition) is 1. The Balaban J connectivity index is 4.36. The van der Waals surface area contributed by atoms with E-state index in [1.807, 2.05) is 6.08 Å². The van der Waals surface area contributed by atoms with Crippen LogP contribution in [-0.2, 0) is 4.43 Å². The van der Waals surface area contributed by atoms with Crippen molar-refractivity contribution in [2.45, 2.75) is 70.7 Å². The van der Waals surface area contributed by atoms with Crippen LogP contribution in [0.15, 0.2) is 12.7 Å². The monoisotopic (exact) mass is 258 g/mol. The Morgan fingerprint density at radius 1 is 1.29 bits per heavy atom. The number of rotatable bonds is 8. The first kappa shape index (κ1) is 16.9. The summed E-state index contributed by atoms with van der Waals surface area (Å²) in [7, 11) is -1.70. The summed E-state index contributed by atoms with van der Waals surface area (Å²) in [4.78, 5) is 0. The van der Waals surface area contributed by atoms with Crippen molar-refractivity contribution in [3.63, 3.8) is 0 Å². The van der Waals surface area contributed by atoms with Crippen LogP contribution >= 0.6 is 0 Å². The van der Waals surface area contributed by atoms with Gasteiger partial charge in [-0.25, -0.2) is 0 Å². The minimum absolute atomic E-state index is 0.209. The molecule has 0 bridgehead atoms. The van der Waals surface area contributed by atoms with Gasteiger partial charge in [0.25, 0.3) is 0 Å². The Kier molecular flexibility index (Phi) is 7.29. The molecule has 0 aromatic rings. The third-order valence-corrected chi connectivity index (χ3v) is 8.19. The Morgan fingerprint density at radius 3 is 2.29 bits per heavy atom. The predicted molar refractivity (Wildman–Crippen MR) is 77.8 cm³/mol. The largest absolute Gasteiger partial charge is 0.414 e. The molecule has 0 aromatic heterocycles. The summed E-state index contributed by atoms with van der Waals surface area (Å²) in [5, 5.41) is 9.34. The van der Waals surface area contributed by atoms with Crippen LogP contribution in [0.25, 0.3) is 0 Å². The molecule has 0 heterocycles. The lowest BCUT2D eigenvalue weighted by molar-refractivity contribution is 0.130. The summed E-state index contributed by atoms with van der Waals surface area (Å²) in [6, 6.07) is 0. The summed E-state index contributed by atoms with van der Waals surface area (Å²) in [6.07, 6.45) is 6.07. The third-order valence-electron chi connectivity index (χ3n) is 3.65. The minimum atomic E-state index is -1.70. The fourth-order valence-electron chi connectivity index (χ4n) is 1.49. The molecule has 0 rings (SSSR count). The van der Waals surface area contributed by atoms with Crippen molar-refractivity contribution in [1.29, 1.82) is 0 Å². The standard InChI is InChI=1S/C14H30O2Si/c1-7-8-9-10-13(11-12-15)16-17(5,6)14(2,3)4/h7,13,15H,1,8-12H2,2-6H3/t13-/m0/s1. The van der Waals surface area contributed by atoms with Crippen LogP contribution in [0.5, 0.6) is 0 Å². The molecular formula is C14H30O2Si. The second-order valence-electron chi connectivity index (χ2n) is 6.23. The van der Waals surface area contributed by atoms with Crippen LogP contribution in [0.3, 0.4) is 0 Å². The molecule has 0 aliphatic carbocycles. The molecule has 0 aromatic carbocycles. The maximum atomic E-state index is 9.11. The van der Waals surface area contributed by atoms with E-state index < -0.39 is 8.32 Å². The van der Waals surface area contributed by atoms with Crippen LogP contribution in [-0.4, -0.2) is 26.1 Å². The van der Waals surface area contributed by atoms with Gasteiger partial charge >= 0.3 is 0 Å². The van der Waals surface area contributed by atoms with Crippen molar-refractivity contribution in [3.05, 3.63) is 12.7 Å². The predicted octanol–water partition coefficient (Wildman–Crippen LogP) is 4.12. The van der Waals surface area contributed by atoms with Gasteiger partial charge in [-0.2, -0.15) is 0 Å². The summed E-state index contributed by atoms with van der Waals surface area (Å²) in [5.74, 6) is 0. The van der Waals surface area contributed by atoms with E-state index in [2.05, 4.69) is 40.4 Å². The maximum absolute atomic E-state index is 9.11. The third kappa shape index (κ3) is 6.39. The average Bonchev–Trinajstić information content (AvgIpc) is 2.16. The Labute approximate surface area is 108 Å². The molecule has 0 saturated carbocycles. The molecule has 1 N–H and O–H groups in total. The van der Waals surface area contributed by atoms with E-state index in [-0.39, 0.29) is 17.7 Å². The Bertz CT molecular complexity index is 219. The van der Waals surface area contributed by atoms with E-state index in [4.69, 9.17) is 9.53 Å². The van der Waals surface area contributed by atoms with Gasteiger partial charge in [-0.05, 0) is 43.8 Å². The normalized spacial score (nSPS) is 14.7. The van der Waals surface area contributed by atoms with Crippen LogP contribution < -0.4 is 0 Å². The zero-order chi connectivity index (χ0) is 13.5. The number of unbranched alkanes of at least 4 members (excludes halogenated alkanes) is 1. The van der Waals surface area contributed by atoms with Gasteiger partial charge in [0.05, 0.1) is 0 Å². The van der Waals surface area contributed by atoms with Gasteiger partial charge in [0.2, 0.25) is 0 Å². The molecule has 0 radical (unpaired) electrons. The highest BCUT2D eigenvalue weighted by molar-refractivity contribution is 6.74. The first-order valence-electron chi connectivity index (χ1n) is 6.64. The van der Waals surface area contributed by atoms with E-state index in [0.717, 1.165) is 25.7 Å². The van der Waals surface area contributed by atoms with Crippen molar-refractivity contribution in [1.82, 2.24) is 0 Å². The van der Waals surface area contributed by atoms with E-state index >= 15 is 0 Å². The molecule has 0 fully saturated rings.